The molecule has 2 aromatic carbocycles. The second-order valence-corrected chi connectivity index (χ2v) is 6.34. The van der Waals surface area contributed by atoms with Crippen molar-refractivity contribution in [2.24, 2.45) is 0 Å². The molecule has 0 aromatic heterocycles. The molecule has 2 N–H and O–H groups in total. The van der Waals surface area contributed by atoms with E-state index in [4.69, 9.17) is 4.74 Å². The van der Waals surface area contributed by atoms with Crippen LogP contribution in [0.2, 0.25) is 0 Å². The fourth-order valence-corrected chi connectivity index (χ4v) is 2.69. The van der Waals surface area contributed by atoms with Gasteiger partial charge in [-0.15, -0.1) is 0 Å². The first-order chi connectivity index (χ1) is 13.0. The van der Waals surface area contributed by atoms with E-state index in [1.165, 1.54) is 0 Å². The quantitative estimate of drug-likeness (QED) is 0.750. The molecule has 0 saturated carbocycles. The maximum Gasteiger partial charge on any atom is 0.241 e. The Hall–Kier alpha value is -2.86. The Kier molecular flexibility index (Phi) is 7.37. The van der Waals surface area contributed by atoms with Crippen LogP contribution >= 0.6 is 0 Å². The highest BCUT2D eigenvalue weighted by atomic mass is 16.5. The molecule has 1 atom stereocenters. The summed E-state index contributed by atoms with van der Waals surface area (Å²) in [6.45, 7) is 3.91. The number of hydrogen-bond acceptors (Lipinski definition) is 4. The standard InChI is InChI=1S/C21H27N3O3/c1-5-16-10-6-7-11-17(16)22-20(25)14-24(3)15(2)21(26)23-18-12-8-9-13-19(18)27-4/h6-13,15H,5,14H2,1-4H3,(H,22,25)(H,23,26). The number of anilines is 2. The minimum atomic E-state index is -0.484. The van der Waals surface area contributed by atoms with Gasteiger partial charge in [0.2, 0.25) is 11.8 Å². The van der Waals surface area contributed by atoms with Crippen molar-refractivity contribution in [2.75, 3.05) is 31.3 Å². The van der Waals surface area contributed by atoms with Crippen molar-refractivity contribution in [3.05, 3.63) is 54.1 Å². The molecular weight excluding hydrogens is 342 g/mol. The first-order valence-corrected chi connectivity index (χ1v) is 8.98. The van der Waals surface area contributed by atoms with Gasteiger partial charge in [0.1, 0.15) is 5.75 Å². The topological polar surface area (TPSA) is 70.7 Å². The van der Waals surface area contributed by atoms with Crippen molar-refractivity contribution in [3.8, 4) is 5.75 Å². The van der Waals surface area contributed by atoms with E-state index in [9.17, 15) is 9.59 Å². The molecule has 144 valence electrons. The third-order valence-electron chi connectivity index (χ3n) is 4.47. The first-order valence-electron chi connectivity index (χ1n) is 8.98. The van der Waals surface area contributed by atoms with Gasteiger partial charge in [0.15, 0.2) is 0 Å². The number of carbonyl (C=O) groups excluding carboxylic acids is 2. The lowest BCUT2D eigenvalue weighted by Gasteiger charge is -2.24. The Morgan fingerprint density at radius 1 is 1.04 bits per heavy atom. The van der Waals surface area contributed by atoms with Crippen molar-refractivity contribution in [2.45, 2.75) is 26.3 Å². The molecule has 2 amide bonds. The minimum absolute atomic E-state index is 0.110. The van der Waals surface area contributed by atoms with Crippen molar-refractivity contribution in [1.29, 1.82) is 0 Å². The average Bonchev–Trinajstić information content (AvgIpc) is 2.68. The lowest BCUT2D eigenvalue weighted by molar-refractivity contribution is -0.122. The van der Waals surface area contributed by atoms with Crippen LogP contribution in [-0.4, -0.2) is 43.5 Å². The zero-order valence-electron chi connectivity index (χ0n) is 16.3. The summed E-state index contributed by atoms with van der Waals surface area (Å²) in [5.74, 6) is 0.230. The van der Waals surface area contributed by atoms with Gasteiger partial charge >= 0.3 is 0 Å². The summed E-state index contributed by atoms with van der Waals surface area (Å²) in [4.78, 5) is 26.6. The molecular formula is C21H27N3O3. The summed E-state index contributed by atoms with van der Waals surface area (Å²) in [6.07, 6.45) is 0.837. The Morgan fingerprint density at radius 3 is 2.33 bits per heavy atom. The van der Waals surface area contributed by atoms with E-state index < -0.39 is 6.04 Å². The molecule has 0 aliphatic carbocycles. The smallest absolute Gasteiger partial charge is 0.241 e. The van der Waals surface area contributed by atoms with Gasteiger partial charge in [-0.25, -0.2) is 0 Å². The van der Waals surface area contributed by atoms with Gasteiger partial charge < -0.3 is 15.4 Å². The second-order valence-electron chi connectivity index (χ2n) is 6.34. The summed E-state index contributed by atoms with van der Waals surface area (Å²) in [7, 11) is 3.30. The molecule has 0 heterocycles. The summed E-state index contributed by atoms with van der Waals surface area (Å²) in [6, 6.07) is 14.4. The monoisotopic (exact) mass is 369 g/mol. The average molecular weight is 369 g/mol. The second kappa shape index (κ2) is 9.73. The Labute approximate surface area is 160 Å². The van der Waals surface area contributed by atoms with Gasteiger partial charge in [-0.05, 0) is 44.2 Å². The summed E-state index contributed by atoms with van der Waals surface area (Å²) >= 11 is 0. The molecule has 27 heavy (non-hydrogen) atoms. The number of carbonyl (C=O) groups is 2. The Balaban J connectivity index is 1.95. The maximum atomic E-state index is 12.5. The molecule has 0 saturated heterocycles. The largest absolute Gasteiger partial charge is 0.495 e. The number of nitrogens with one attached hydrogen (secondary N) is 2. The predicted molar refractivity (Wildman–Crippen MR) is 108 cm³/mol. The number of amides is 2. The number of nitrogens with zero attached hydrogens (tertiary/aromatic N) is 1. The number of para-hydroxylation sites is 3. The molecule has 0 aliphatic heterocycles. The Bertz CT molecular complexity index is 792. The SMILES string of the molecule is CCc1ccccc1NC(=O)CN(C)C(C)C(=O)Nc1ccccc1OC. The maximum absolute atomic E-state index is 12.5. The fraction of sp³-hybridized carbons (Fsp3) is 0.333. The third-order valence-corrected chi connectivity index (χ3v) is 4.47. The van der Waals surface area contributed by atoms with Gasteiger partial charge in [0, 0.05) is 5.69 Å². The fourth-order valence-electron chi connectivity index (χ4n) is 2.69. The predicted octanol–water partition coefficient (Wildman–Crippen LogP) is 3.16. The molecule has 2 rings (SSSR count). The van der Waals surface area contributed by atoms with Gasteiger partial charge in [-0.3, -0.25) is 14.5 Å². The lowest BCUT2D eigenvalue weighted by Crippen LogP contribution is -2.43. The number of likely N-dealkylation sites (N-methyl/N-ethyl adjacent to an activating group) is 1. The number of ether oxygens (including phenoxy) is 1. The van der Waals surface area contributed by atoms with Crippen LogP contribution in [0, 0.1) is 0 Å². The minimum Gasteiger partial charge on any atom is -0.495 e. The molecule has 1 unspecified atom stereocenters. The molecule has 6 nitrogen and oxygen atoms in total. The van der Waals surface area contributed by atoms with Crippen LogP contribution in [0.15, 0.2) is 48.5 Å². The summed E-state index contributed by atoms with van der Waals surface area (Å²) in [5.41, 5.74) is 2.49. The van der Waals surface area contributed by atoms with Crippen LogP contribution in [0.3, 0.4) is 0 Å². The molecule has 0 spiro atoms. The van der Waals surface area contributed by atoms with Gasteiger partial charge in [0.25, 0.3) is 0 Å². The van der Waals surface area contributed by atoms with Crippen LogP contribution in [0.4, 0.5) is 11.4 Å². The highest BCUT2D eigenvalue weighted by Crippen LogP contribution is 2.23. The molecule has 0 fully saturated rings. The summed E-state index contributed by atoms with van der Waals surface area (Å²) < 4.78 is 5.25. The van der Waals surface area contributed by atoms with Crippen molar-refractivity contribution < 1.29 is 14.3 Å². The highest BCUT2D eigenvalue weighted by Gasteiger charge is 2.21. The van der Waals surface area contributed by atoms with E-state index in [1.807, 2.05) is 43.3 Å². The molecule has 0 bridgehead atoms. The van der Waals surface area contributed by atoms with Crippen LogP contribution in [0.5, 0.6) is 5.75 Å². The van der Waals surface area contributed by atoms with Crippen LogP contribution in [0.25, 0.3) is 0 Å². The number of hydrogen-bond donors (Lipinski definition) is 2. The van der Waals surface area contributed by atoms with E-state index in [0.29, 0.717) is 11.4 Å². The summed E-state index contributed by atoms with van der Waals surface area (Å²) in [5, 5.41) is 5.77. The number of methoxy groups -OCH3 is 1. The van der Waals surface area contributed by atoms with Gasteiger partial charge in [-0.2, -0.15) is 0 Å². The van der Waals surface area contributed by atoms with Crippen molar-refractivity contribution in [3.63, 3.8) is 0 Å². The van der Waals surface area contributed by atoms with Gasteiger partial charge in [0.05, 0.1) is 25.4 Å². The van der Waals surface area contributed by atoms with Crippen LogP contribution in [0.1, 0.15) is 19.4 Å². The van der Waals surface area contributed by atoms with Crippen LogP contribution in [-0.2, 0) is 16.0 Å². The normalized spacial score (nSPS) is 11.7. The third kappa shape index (κ3) is 5.56. The van der Waals surface area contributed by atoms with Crippen molar-refractivity contribution >= 4 is 23.2 Å². The molecule has 6 heteroatoms. The van der Waals surface area contributed by atoms with E-state index in [1.54, 1.807) is 38.1 Å². The number of aryl methyl sites for hydroxylation is 1. The number of benzene rings is 2. The van der Waals surface area contributed by atoms with E-state index in [2.05, 4.69) is 10.6 Å². The van der Waals surface area contributed by atoms with E-state index in [0.717, 1.165) is 17.7 Å². The number of rotatable bonds is 8. The Morgan fingerprint density at radius 2 is 1.67 bits per heavy atom. The molecule has 0 radical (unpaired) electrons. The first kappa shape index (κ1) is 20.5. The van der Waals surface area contributed by atoms with Gasteiger partial charge in [-0.1, -0.05) is 37.3 Å². The molecule has 0 aliphatic rings. The van der Waals surface area contributed by atoms with Crippen LogP contribution < -0.4 is 15.4 Å². The zero-order valence-corrected chi connectivity index (χ0v) is 16.3. The van der Waals surface area contributed by atoms with E-state index in [-0.39, 0.29) is 18.4 Å². The molecule has 2 aromatic rings. The van der Waals surface area contributed by atoms with E-state index >= 15 is 0 Å². The van der Waals surface area contributed by atoms with Crippen molar-refractivity contribution in [1.82, 2.24) is 4.90 Å². The lowest BCUT2D eigenvalue weighted by atomic mass is 10.1. The highest BCUT2D eigenvalue weighted by molar-refractivity contribution is 5.97. The zero-order chi connectivity index (χ0) is 19.8.